The number of primary amides is 1. The summed E-state index contributed by atoms with van der Waals surface area (Å²) in [5.41, 5.74) is 7.79. The fraction of sp³-hybridized carbons (Fsp3) is 0.192. The maximum absolute atomic E-state index is 15.0. The van der Waals surface area contributed by atoms with Crippen LogP contribution in [0.5, 0.6) is 0 Å². The third-order valence-electron chi connectivity index (χ3n) is 5.57. The lowest BCUT2D eigenvalue weighted by molar-refractivity contribution is -0.111. The summed E-state index contributed by atoms with van der Waals surface area (Å²) in [6, 6.07) is 4.52. The molecule has 0 spiro atoms. The number of carbonyl (C=O) groups excluding carboxylic acids is 3. The summed E-state index contributed by atoms with van der Waals surface area (Å²) in [4.78, 5) is 37.7. The van der Waals surface area contributed by atoms with Crippen molar-refractivity contribution >= 4 is 56.3 Å². The highest BCUT2D eigenvalue weighted by atomic mass is 32.1. The fourth-order valence-corrected chi connectivity index (χ4v) is 4.90. The van der Waals surface area contributed by atoms with Crippen LogP contribution in [0, 0.1) is 5.82 Å². The Morgan fingerprint density at radius 2 is 2.00 bits per heavy atom. The molecule has 0 fully saturated rings. The molecule has 0 unspecified atom stereocenters. The van der Waals surface area contributed by atoms with Crippen LogP contribution in [0.1, 0.15) is 58.5 Å². The van der Waals surface area contributed by atoms with Crippen LogP contribution in [-0.2, 0) is 11.3 Å². The molecule has 1 amide bonds. The van der Waals surface area contributed by atoms with E-state index in [1.807, 2.05) is 13.0 Å². The molecule has 174 valence electrons. The second-order valence-corrected chi connectivity index (χ2v) is 8.85. The largest absolute Gasteiger partial charge is 0.463 e. The summed E-state index contributed by atoms with van der Waals surface area (Å²) < 4.78 is 22.4. The number of nitrogens with zero attached hydrogens (tertiary/aromatic N) is 1. The molecule has 8 heteroatoms. The topological polar surface area (TPSA) is 95.3 Å². The number of fused-ring (bicyclic) bond motifs is 3. The van der Waals surface area contributed by atoms with Crippen LogP contribution < -0.4 is 5.73 Å². The van der Waals surface area contributed by atoms with Crippen LogP contribution in [0.2, 0.25) is 0 Å². The molecular formula is C26H23FN2O4S. The summed E-state index contributed by atoms with van der Waals surface area (Å²) in [5.74, 6) is -1.57. The van der Waals surface area contributed by atoms with Crippen molar-refractivity contribution in [3.8, 4) is 0 Å². The summed E-state index contributed by atoms with van der Waals surface area (Å²) in [6.07, 6.45) is 7.50. The summed E-state index contributed by atoms with van der Waals surface area (Å²) in [5, 5.41) is 2.52. The molecule has 0 aliphatic carbocycles. The highest BCUT2D eigenvalue weighted by molar-refractivity contribution is 7.12. The number of rotatable bonds is 8. The normalized spacial score (nSPS) is 12.3. The lowest BCUT2D eigenvalue weighted by Gasteiger charge is -2.10. The van der Waals surface area contributed by atoms with Gasteiger partial charge in [0.15, 0.2) is 11.6 Å². The van der Waals surface area contributed by atoms with Gasteiger partial charge in [0, 0.05) is 24.6 Å². The maximum atomic E-state index is 15.0. The minimum Gasteiger partial charge on any atom is -0.463 e. The number of halogens is 1. The number of nitrogens with two attached hydrogens (primary N) is 1. The van der Waals surface area contributed by atoms with Crippen LogP contribution in [0.3, 0.4) is 0 Å². The number of allylic oxidation sites excluding steroid dienone is 4. The predicted molar refractivity (Wildman–Crippen MR) is 132 cm³/mol. The first kappa shape index (κ1) is 23.4. The van der Waals surface area contributed by atoms with E-state index in [1.165, 1.54) is 43.6 Å². The monoisotopic (exact) mass is 478 g/mol. The van der Waals surface area contributed by atoms with Gasteiger partial charge in [-0.15, -0.1) is 11.3 Å². The van der Waals surface area contributed by atoms with Gasteiger partial charge in [-0.05, 0) is 42.5 Å². The molecule has 1 aromatic carbocycles. The highest BCUT2D eigenvalue weighted by Crippen LogP contribution is 2.39. The van der Waals surface area contributed by atoms with Crippen molar-refractivity contribution in [1.29, 1.82) is 0 Å². The number of ketones is 2. The third-order valence-corrected chi connectivity index (χ3v) is 6.56. The van der Waals surface area contributed by atoms with Crippen molar-refractivity contribution in [3.05, 3.63) is 75.6 Å². The van der Waals surface area contributed by atoms with Crippen molar-refractivity contribution in [2.24, 2.45) is 5.73 Å². The van der Waals surface area contributed by atoms with Crippen LogP contribution in [0.4, 0.5) is 4.39 Å². The van der Waals surface area contributed by atoms with Crippen molar-refractivity contribution in [2.45, 2.75) is 33.7 Å². The van der Waals surface area contributed by atoms with Crippen molar-refractivity contribution in [3.63, 3.8) is 0 Å². The van der Waals surface area contributed by atoms with Gasteiger partial charge < -0.3 is 14.7 Å². The number of Topliss-reactive ketones (excluding diaryl/α,β-unsaturated/α-hetero) is 2. The molecule has 3 aromatic heterocycles. The fourth-order valence-electron chi connectivity index (χ4n) is 4.15. The molecule has 6 nitrogen and oxygen atoms in total. The van der Waals surface area contributed by atoms with Gasteiger partial charge in [-0.25, -0.2) is 4.39 Å². The number of hydrogen-bond donors (Lipinski definition) is 1. The van der Waals surface area contributed by atoms with Crippen molar-refractivity contribution in [2.75, 3.05) is 0 Å². The van der Waals surface area contributed by atoms with E-state index in [9.17, 15) is 14.4 Å². The zero-order chi connectivity index (χ0) is 24.6. The second kappa shape index (κ2) is 9.23. The molecule has 34 heavy (non-hydrogen) atoms. The number of benzene rings is 1. The average molecular weight is 479 g/mol. The standard InChI is InChI=1S/C26H23FN2O4S/c1-4-5-6-7-17(14(2)30)22-23-20(11-19(27)18-8-9-33-25(18)23)29(24(22)15(3)31)12-16-10-21(26(28)32)34-13-16/h5-11,13H,4,12H2,1-3H3,(H2,28,32)/b6-5-,17-7+. The Morgan fingerprint density at radius 3 is 2.62 bits per heavy atom. The van der Waals surface area contributed by atoms with Gasteiger partial charge in [0.2, 0.25) is 0 Å². The van der Waals surface area contributed by atoms with E-state index in [0.29, 0.717) is 26.9 Å². The Kier molecular flexibility index (Phi) is 6.34. The lowest BCUT2D eigenvalue weighted by Crippen LogP contribution is -2.11. The van der Waals surface area contributed by atoms with Crippen molar-refractivity contribution < 1.29 is 23.2 Å². The van der Waals surface area contributed by atoms with Crippen LogP contribution in [-0.4, -0.2) is 22.0 Å². The molecule has 0 aliphatic rings. The first-order valence-corrected chi connectivity index (χ1v) is 11.6. The highest BCUT2D eigenvalue weighted by Gasteiger charge is 2.28. The first-order valence-electron chi connectivity index (χ1n) is 10.7. The molecule has 0 saturated heterocycles. The van der Waals surface area contributed by atoms with Gasteiger partial charge in [0.1, 0.15) is 11.4 Å². The van der Waals surface area contributed by atoms with Crippen LogP contribution in [0.25, 0.3) is 27.4 Å². The molecule has 0 radical (unpaired) electrons. The molecule has 0 aliphatic heterocycles. The van der Waals surface area contributed by atoms with Crippen LogP contribution in [0.15, 0.2) is 52.5 Å². The lowest BCUT2D eigenvalue weighted by atomic mass is 9.96. The number of hydrogen-bond acceptors (Lipinski definition) is 5. The van der Waals surface area contributed by atoms with E-state index < -0.39 is 11.7 Å². The SMILES string of the molecule is CC/C=C\C=C(/C(C)=O)c1c(C(C)=O)n(Cc2csc(C(N)=O)c2)c2cc(F)c3ccoc3c12. The summed E-state index contributed by atoms with van der Waals surface area (Å²) in [7, 11) is 0. The minimum absolute atomic E-state index is 0.177. The maximum Gasteiger partial charge on any atom is 0.258 e. The van der Waals surface area contributed by atoms with Gasteiger partial charge in [-0.3, -0.25) is 14.4 Å². The number of thiophene rings is 1. The molecule has 4 aromatic rings. The van der Waals surface area contributed by atoms with Gasteiger partial charge in [0.05, 0.1) is 33.1 Å². The first-order chi connectivity index (χ1) is 16.2. The predicted octanol–water partition coefficient (Wildman–Crippen LogP) is 5.88. The Hall–Kier alpha value is -3.78. The molecule has 2 N–H and O–H groups in total. The molecule has 0 atom stereocenters. The quantitative estimate of drug-likeness (QED) is 0.194. The molecule has 4 rings (SSSR count). The summed E-state index contributed by atoms with van der Waals surface area (Å²) in [6.45, 7) is 4.99. The third kappa shape index (κ3) is 4.01. The number of amides is 1. The van der Waals surface area contributed by atoms with E-state index in [2.05, 4.69) is 0 Å². The van der Waals surface area contributed by atoms with Gasteiger partial charge >= 0.3 is 0 Å². The minimum atomic E-state index is -0.547. The Balaban J connectivity index is 2.11. The molecular weight excluding hydrogens is 455 g/mol. The van der Waals surface area contributed by atoms with Gasteiger partial charge in [-0.1, -0.05) is 25.2 Å². The van der Waals surface area contributed by atoms with Gasteiger partial charge in [0.25, 0.3) is 5.91 Å². The number of furan rings is 1. The van der Waals surface area contributed by atoms with E-state index in [4.69, 9.17) is 10.2 Å². The smallest absolute Gasteiger partial charge is 0.258 e. The zero-order valence-electron chi connectivity index (χ0n) is 19.0. The number of carbonyl (C=O) groups is 3. The molecule has 0 saturated carbocycles. The van der Waals surface area contributed by atoms with E-state index in [1.54, 1.807) is 28.2 Å². The average Bonchev–Trinajstić information content (AvgIpc) is 3.49. The Morgan fingerprint density at radius 1 is 1.24 bits per heavy atom. The number of aromatic nitrogens is 1. The Labute approximate surface area is 199 Å². The van der Waals surface area contributed by atoms with Crippen molar-refractivity contribution in [1.82, 2.24) is 4.57 Å². The van der Waals surface area contributed by atoms with E-state index in [-0.39, 0.29) is 34.8 Å². The van der Waals surface area contributed by atoms with Crippen LogP contribution >= 0.6 is 11.3 Å². The molecule has 3 heterocycles. The zero-order valence-corrected chi connectivity index (χ0v) is 19.8. The van der Waals surface area contributed by atoms with E-state index >= 15 is 4.39 Å². The van der Waals surface area contributed by atoms with E-state index in [0.717, 1.165) is 12.0 Å². The summed E-state index contributed by atoms with van der Waals surface area (Å²) >= 11 is 1.20. The second-order valence-electron chi connectivity index (χ2n) is 7.94. The Bertz CT molecular complexity index is 1520. The molecule has 0 bridgehead atoms. The van der Waals surface area contributed by atoms with Gasteiger partial charge in [-0.2, -0.15) is 0 Å².